The number of carbonyl (C=O) groups is 1. The number of hydrogen-bond acceptors (Lipinski definition) is 2. The Labute approximate surface area is 85.3 Å². The lowest BCUT2D eigenvalue weighted by molar-refractivity contribution is -0.136. The quantitative estimate of drug-likeness (QED) is 0.833. The smallest absolute Gasteiger partial charge is 0.307 e. The number of rotatable bonds is 4. The van der Waals surface area contributed by atoms with Gasteiger partial charge in [-0.15, -0.1) is 0 Å². The molecule has 1 aromatic rings. The van der Waals surface area contributed by atoms with E-state index in [2.05, 4.69) is 4.74 Å². The van der Waals surface area contributed by atoms with Crippen LogP contribution < -0.4 is 0 Å². The van der Waals surface area contributed by atoms with E-state index in [9.17, 15) is 13.6 Å². The minimum absolute atomic E-state index is 0.0948. The Morgan fingerprint density at radius 2 is 1.93 bits per heavy atom. The molecule has 0 radical (unpaired) electrons. The normalized spacial score (nSPS) is 10.3. The number of carboxylic acid groups (broad SMARTS) is 1. The van der Waals surface area contributed by atoms with Crippen molar-refractivity contribution in [2.45, 2.75) is 13.0 Å². The van der Waals surface area contributed by atoms with Gasteiger partial charge < -0.3 is 9.84 Å². The molecule has 0 amide bonds. The Hall–Kier alpha value is -1.49. The van der Waals surface area contributed by atoms with Crippen molar-refractivity contribution in [2.24, 2.45) is 0 Å². The summed E-state index contributed by atoms with van der Waals surface area (Å²) in [6.45, 7) is -0.176. The summed E-state index contributed by atoms with van der Waals surface area (Å²) in [6.07, 6.45) is -0.402. The van der Waals surface area contributed by atoms with Gasteiger partial charge in [0.1, 0.15) is 11.6 Å². The third-order valence-corrected chi connectivity index (χ3v) is 1.84. The predicted octanol–water partition coefficient (Wildman–Crippen LogP) is 1.74. The maximum Gasteiger partial charge on any atom is 0.307 e. The second kappa shape index (κ2) is 4.84. The average Bonchev–Trinajstić information content (AvgIpc) is 2.10. The van der Waals surface area contributed by atoms with Gasteiger partial charge >= 0.3 is 5.97 Å². The minimum Gasteiger partial charge on any atom is -0.481 e. The highest BCUT2D eigenvalue weighted by molar-refractivity contribution is 5.70. The third kappa shape index (κ3) is 2.99. The molecule has 1 N–H and O–H groups in total. The first-order valence-corrected chi connectivity index (χ1v) is 4.22. The van der Waals surface area contributed by atoms with E-state index in [0.717, 1.165) is 12.1 Å². The van der Waals surface area contributed by atoms with Crippen LogP contribution in [-0.2, 0) is 22.6 Å². The molecule has 1 rings (SSSR count). The summed E-state index contributed by atoms with van der Waals surface area (Å²) in [5.41, 5.74) is -0.0935. The van der Waals surface area contributed by atoms with Gasteiger partial charge in [0.05, 0.1) is 13.0 Å². The lowest BCUT2D eigenvalue weighted by Crippen LogP contribution is -2.04. The molecule has 0 fully saturated rings. The Morgan fingerprint density at radius 1 is 1.40 bits per heavy atom. The minimum atomic E-state index is -1.13. The molecule has 3 nitrogen and oxygen atoms in total. The Morgan fingerprint density at radius 3 is 2.33 bits per heavy atom. The van der Waals surface area contributed by atoms with E-state index in [1.54, 1.807) is 0 Å². The van der Waals surface area contributed by atoms with Crippen LogP contribution in [0.3, 0.4) is 0 Å². The Bertz CT molecular complexity index is 354. The summed E-state index contributed by atoms with van der Waals surface area (Å²) in [5.74, 6) is -2.70. The molecule has 0 aromatic heterocycles. The summed E-state index contributed by atoms with van der Waals surface area (Å²) in [7, 11) is 1.32. The van der Waals surface area contributed by atoms with Crippen molar-refractivity contribution in [3.63, 3.8) is 0 Å². The fourth-order valence-corrected chi connectivity index (χ4v) is 1.21. The zero-order valence-corrected chi connectivity index (χ0v) is 8.09. The summed E-state index contributed by atoms with van der Waals surface area (Å²) in [5, 5.41) is 8.45. The van der Waals surface area contributed by atoms with Crippen LogP contribution in [0.4, 0.5) is 8.78 Å². The number of ether oxygens (including phenoxy) is 1. The highest BCUT2D eigenvalue weighted by atomic mass is 19.1. The van der Waals surface area contributed by atoms with Crippen LogP contribution in [0.2, 0.25) is 0 Å². The van der Waals surface area contributed by atoms with Gasteiger partial charge in [-0.2, -0.15) is 0 Å². The molecular weight excluding hydrogens is 206 g/mol. The van der Waals surface area contributed by atoms with E-state index >= 15 is 0 Å². The number of hydrogen-bond donors (Lipinski definition) is 1. The molecule has 15 heavy (non-hydrogen) atoms. The van der Waals surface area contributed by atoms with Crippen molar-refractivity contribution in [1.29, 1.82) is 0 Å². The number of carboxylic acids is 1. The van der Waals surface area contributed by atoms with Crippen LogP contribution in [-0.4, -0.2) is 18.2 Å². The Balaban J connectivity index is 3.02. The van der Waals surface area contributed by atoms with Crippen molar-refractivity contribution in [2.75, 3.05) is 7.11 Å². The van der Waals surface area contributed by atoms with Crippen LogP contribution in [0.15, 0.2) is 12.1 Å². The van der Waals surface area contributed by atoms with Gasteiger partial charge in [-0.05, 0) is 17.7 Å². The first-order valence-electron chi connectivity index (χ1n) is 4.22. The largest absolute Gasteiger partial charge is 0.481 e. The number of benzene rings is 1. The third-order valence-electron chi connectivity index (χ3n) is 1.84. The van der Waals surface area contributed by atoms with Crippen LogP contribution in [0.25, 0.3) is 0 Å². The SMILES string of the molecule is COCc1c(F)cc(CC(=O)O)cc1F. The molecule has 0 heterocycles. The Kier molecular flexibility index (Phi) is 3.74. The van der Waals surface area contributed by atoms with Crippen molar-refractivity contribution in [3.05, 3.63) is 34.9 Å². The van der Waals surface area contributed by atoms with Gasteiger partial charge in [0.2, 0.25) is 0 Å². The number of aliphatic carboxylic acids is 1. The molecule has 0 unspecified atom stereocenters. The summed E-state index contributed by atoms with van der Waals surface area (Å²) in [6, 6.07) is 2.01. The second-order valence-corrected chi connectivity index (χ2v) is 3.04. The van der Waals surface area contributed by atoms with Gasteiger partial charge in [0, 0.05) is 12.7 Å². The molecular formula is C10H10F2O3. The molecule has 0 spiro atoms. The highest BCUT2D eigenvalue weighted by Crippen LogP contribution is 2.16. The van der Waals surface area contributed by atoms with E-state index < -0.39 is 24.0 Å². The summed E-state index contributed by atoms with van der Waals surface area (Å²) < 4.78 is 31.1. The molecule has 0 aliphatic heterocycles. The zero-order valence-electron chi connectivity index (χ0n) is 8.09. The van der Waals surface area contributed by atoms with Crippen LogP contribution in [0.5, 0.6) is 0 Å². The summed E-state index contributed by atoms with van der Waals surface area (Å²) in [4.78, 5) is 10.3. The number of methoxy groups -OCH3 is 1. The average molecular weight is 216 g/mol. The van der Waals surface area contributed by atoms with Crippen LogP contribution in [0, 0.1) is 11.6 Å². The van der Waals surface area contributed by atoms with E-state index in [0.29, 0.717) is 0 Å². The molecule has 5 heteroatoms. The molecule has 0 saturated carbocycles. The molecule has 0 bridgehead atoms. The van der Waals surface area contributed by atoms with Crippen LogP contribution in [0.1, 0.15) is 11.1 Å². The van der Waals surface area contributed by atoms with Crippen molar-refractivity contribution in [3.8, 4) is 0 Å². The maximum atomic E-state index is 13.2. The van der Waals surface area contributed by atoms with Gasteiger partial charge in [0.15, 0.2) is 0 Å². The van der Waals surface area contributed by atoms with Crippen molar-refractivity contribution >= 4 is 5.97 Å². The molecule has 0 aliphatic rings. The van der Waals surface area contributed by atoms with Gasteiger partial charge in [-0.3, -0.25) is 4.79 Å². The fourth-order valence-electron chi connectivity index (χ4n) is 1.21. The fraction of sp³-hybridized carbons (Fsp3) is 0.300. The summed E-state index contributed by atoms with van der Waals surface area (Å²) >= 11 is 0. The van der Waals surface area contributed by atoms with Gasteiger partial charge in [-0.1, -0.05) is 0 Å². The monoisotopic (exact) mass is 216 g/mol. The molecule has 0 aliphatic carbocycles. The molecule has 0 atom stereocenters. The molecule has 1 aromatic carbocycles. The lowest BCUT2D eigenvalue weighted by Gasteiger charge is -2.05. The van der Waals surface area contributed by atoms with Gasteiger partial charge in [-0.25, -0.2) is 8.78 Å². The lowest BCUT2D eigenvalue weighted by atomic mass is 10.1. The topological polar surface area (TPSA) is 46.5 Å². The first kappa shape index (κ1) is 11.6. The van der Waals surface area contributed by atoms with Crippen molar-refractivity contribution < 1.29 is 23.4 Å². The van der Waals surface area contributed by atoms with E-state index in [-0.39, 0.29) is 17.7 Å². The molecule has 0 saturated heterocycles. The van der Waals surface area contributed by atoms with Crippen LogP contribution >= 0.6 is 0 Å². The second-order valence-electron chi connectivity index (χ2n) is 3.04. The van der Waals surface area contributed by atoms with E-state index in [4.69, 9.17) is 5.11 Å². The first-order chi connectivity index (χ1) is 7.04. The van der Waals surface area contributed by atoms with Gasteiger partial charge in [0.25, 0.3) is 0 Å². The van der Waals surface area contributed by atoms with E-state index in [1.807, 2.05) is 0 Å². The molecule has 82 valence electrons. The number of halogens is 2. The maximum absolute atomic E-state index is 13.2. The highest BCUT2D eigenvalue weighted by Gasteiger charge is 2.12. The van der Waals surface area contributed by atoms with Crippen molar-refractivity contribution in [1.82, 2.24) is 0 Å². The zero-order chi connectivity index (χ0) is 11.4. The predicted molar refractivity (Wildman–Crippen MR) is 48.4 cm³/mol. The van der Waals surface area contributed by atoms with E-state index in [1.165, 1.54) is 7.11 Å². The standard InChI is InChI=1S/C10H10F2O3/c1-15-5-7-8(11)2-6(3-9(7)12)4-10(13)14/h2-3H,4-5H2,1H3,(H,13,14).